The maximum atomic E-state index is 5.80. The van der Waals surface area contributed by atoms with Gasteiger partial charge in [0, 0.05) is 26.2 Å². The lowest BCUT2D eigenvalue weighted by Crippen LogP contribution is -2.47. The Labute approximate surface area is 99.7 Å². The second kappa shape index (κ2) is 5.99. The predicted octanol–water partition coefficient (Wildman–Crippen LogP) is 1.44. The van der Waals surface area contributed by atoms with E-state index in [1.54, 1.807) is 0 Å². The molecular formula is C13H26N2O. The average Bonchev–Trinajstić information content (AvgIpc) is 2.70. The highest BCUT2D eigenvalue weighted by Crippen LogP contribution is 2.26. The topological polar surface area (TPSA) is 15.7 Å². The molecule has 0 radical (unpaired) electrons. The van der Waals surface area contributed by atoms with Crippen molar-refractivity contribution in [3.63, 3.8) is 0 Å². The van der Waals surface area contributed by atoms with E-state index >= 15 is 0 Å². The zero-order chi connectivity index (χ0) is 11.4. The maximum Gasteiger partial charge on any atom is 0.0829 e. The molecule has 0 amide bonds. The molecule has 0 bridgehead atoms. The molecule has 0 aromatic heterocycles. The van der Waals surface area contributed by atoms with Gasteiger partial charge >= 0.3 is 0 Å². The van der Waals surface area contributed by atoms with Crippen molar-refractivity contribution in [3.8, 4) is 0 Å². The Morgan fingerprint density at radius 2 is 2.00 bits per heavy atom. The van der Waals surface area contributed by atoms with Crippen LogP contribution in [0.1, 0.15) is 25.7 Å². The Bertz CT molecular complexity index is 202. The summed E-state index contributed by atoms with van der Waals surface area (Å²) >= 11 is 0. The van der Waals surface area contributed by atoms with Crippen molar-refractivity contribution in [1.29, 1.82) is 0 Å². The van der Waals surface area contributed by atoms with Crippen molar-refractivity contribution in [2.24, 2.45) is 5.92 Å². The summed E-state index contributed by atoms with van der Waals surface area (Å²) in [5.74, 6) is 0.970. The summed E-state index contributed by atoms with van der Waals surface area (Å²) in [6, 6.07) is 0. The van der Waals surface area contributed by atoms with E-state index in [-0.39, 0.29) is 0 Å². The maximum absolute atomic E-state index is 5.80. The normalized spacial score (nSPS) is 29.1. The van der Waals surface area contributed by atoms with Crippen LogP contribution in [0.25, 0.3) is 0 Å². The molecule has 2 rings (SSSR count). The van der Waals surface area contributed by atoms with Gasteiger partial charge < -0.3 is 9.64 Å². The van der Waals surface area contributed by atoms with Crippen molar-refractivity contribution < 1.29 is 4.74 Å². The molecule has 3 heteroatoms. The smallest absolute Gasteiger partial charge is 0.0829 e. The second-order valence-corrected chi connectivity index (χ2v) is 5.67. The minimum atomic E-state index is 0.421. The molecule has 94 valence electrons. The second-order valence-electron chi connectivity index (χ2n) is 5.67. The number of likely N-dealkylation sites (N-methyl/N-ethyl adjacent to an activating group) is 1. The predicted molar refractivity (Wildman–Crippen MR) is 66.7 cm³/mol. The first-order valence-corrected chi connectivity index (χ1v) is 6.72. The summed E-state index contributed by atoms with van der Waals surface area (Å²) < 4.78 is 5.80. The summed E-state index contributed by atoms with van der Waals surface area (Å²) in [5.41, 5.74) is 0. The third-order valence-corrected chi connectivity index (χ3v) is 3.78. The Morgan fingerprint density at radius 3 is 2.69 bits per heavy atom. The van der Waals surface area contributed by atoms with E-state index in [0.717, 1.165) is 32.2 Å². The largest absolute Gasteiger partial charge is 0.374 e. The molecule has 1 aliphatic heterocycles. The average molecular weight is 226 g/mol. The molecule has 0 spiro atoms. The van der Waals surface area contributed by atoms with E-state index in [4.69, 9.17) is 4.74 Å². The van der Waals surface area contributed by atoms with Crippen molar-refractivity contribution in [2.75, 3.05) is 46.9 Å². The molecule has 0 unspecified atom stereocenters. The molecule has 0 aromatic carbocycles. The van der Waals surface area contributed by atoms with Crippen LogP contribution in [0.2, 0.25) is 0 Å². The van der Waals surface area contributed by atoms with Gasteiger partial charge in [0.15, 0.2) is 0 Å². The van der Waals surface area contributed by atoms with Crippen molar-refractivity contribution in [1.82, 2.24) is 9.80 Å². The Balaban J connectivity index is 1.72. The van der Waals surface area contributed by atoms with Gasteiger partial charge in [-0.05, 0) is 32.9 Å². The fraction of sp³-hybridized carbons (Fsp3) is 1.00. The lowest BCUT2D eigenvalue weighted by molar-refractivity contribution is -0.0418. The molecule has 3 nitrogen and oxygen atoms in total. The van der Waals surface area contributed by atoms with E-state index in [2.05, 4.69) is 23.9 Å². The SMILES string of the molecule is CN(C)C[C@@H]1CN(CC2CCCC2)CCO1. The monoisotopic (exact) mass is 226 g/mol. The number of nitrogens with zero attached hydrogens (tertiary/aromatic N) is 2. The van der Waals surface area contributed by atoms with Gasteiger partial charge in [-0.1, -0.05) is 12.8 Å². The summed E-state index contributed by atoms with van der Waals surface area (Å²) in [6.07, 6.45) is 6.24. The lowest BCUT2D eigenvalue weighted by Gasteiger charge is -2.35. The molecule has 16 heavy (non-hydrogen) atoms. The van der Waals surface area contributed by atoms with E-state index in [1.165, 1.54) is 32.2 Å². The summed E-state index contributed by atoms with van der Waals surface area (Å²) in [5, 5.41) is 0. The lowest BCUT2D eigenvalue weighted by atomic mass is 10.1. The van der Waals surface area contributed by atoms with Gasteiger partial charge in [0.2, 0.25) is 0 Å². The first-order valence-electron chi connectivity index (χ1n) is 6.72. The highest BCUT2D eigenvalue weighted by molar-refractivity contribution is 4.77. The van der Waals surface area contributed by atoms with Gasteiger partial charge in [0.1, 0.15) is 0 Å². The van der Waals surface area contributed by atoms with Crippen LogP contribution in [-0.2, 0) is 4.74 Å². The molecule has 1 saturated carbocycles. The zero-order valence-corrected chi connectivity index (χ0v) is 10.8. The minimum absolute atomic E-state index is 0.421. The Kier molecular flexibility index (Phi) is 4.62. The van der Waals surface area contributed by atoms with Gasteiger partial charge in [0.25, 0.3) is 0 Å². The third-order valence-electron chi connectivity index (χ3n) is 3.78. The Morgan fingerprint density at radius 1 is 1.25 bits per heavy atom. The molecule has 1 atom stereocenters. The van der Waals surface area contributed by atoms with Crippen molar-refractivity contribution in [2.45, 2.75) is 31.8 Å². The molecule has 2 fully saturated rings. The van der Waals surface area contributed by atoms with Crippen LogP contribution in [0.3, 0.4) is 0 Å². The molecule has 2 aliphatic rings. The first-order chi connectivity index (χ1) is 7.74. The molecule has 0 aromatic rings. The van der Waals surface area contributed by atoms with Crippen LogP contribution in [-0.4, -0.2) is 62.8 Å². The van der Waals surface area contributed by atoms with Crippen LogP contribution >= 0.6 is 0 Å². The highest BCUT2D eigenvalue weighted by atomic mass is 16.5. The van der Waals surface area contributed by atoms with Crippen LogP contribution in [0.5, 0.6) is 0 Å². The van der Waals surface area contributed by atoms with E-state index in [9.17, 15) is 0 Å². The van der Waals surface area contributed by atoms with Crippen molar-refractivity contribution >= 4 is 0 Å². The van der Waals surface area contributed by atoms with Gasteiger partial charge in [-0.15, -0.1) is 0 Å². The summed E-state index contributed by atoms with van der Waals surface area (Å²) in [7, 11) is 4.25. The van der Waals surface area contributed by atoms with Crippen LogP contribution < -0.4 is 0 Å². The van der Waals surface area contributed by atoms with Gasteiger partial charge in [-0.3, -0.25) is 4.90 Å². The zero-order valence-electron chi connectivity index (χ0n) is 10.8. The quantitative estimate of drug-likeness (QED) is 0.721. The van der Waals surface area contributed by atoms with Crippen LogP contribution in [0.15, 0.2) is 0 Å². The fourth-order valence-corrected chi connectivity index (χ4v) is 3.02. The van der Waals surface area contributed by atoms with Crippen LogP contribution in [0.4, 0.5) is 0 Å². The molecule has 1 heterocycles. The Hall–Kier alpha value is -0.120. The van der Waals surface area contributed by atoms with E-state index in [1.807, 2.05) is 0 Å². The van der Waals surface area contributed by atoms with Crippen molar-refractivity contribution in [3.05, 3.63) is 0 Å². The number of rotatable bonds is 4. The van der Waals surface area contributed by atoms with E-state index in [0.29, 0.717) is 6.10 Å². The van der Waals surface area contributed by atoms with Gasteiger partial charge in [0.05, 0.1) is 12.7 Å². The molecule has 0 N–H and O–H groups in total. The number of morpholine rings is 1. The van der Waals surface area contributed by atoms with Crippen LogP contribution in [0, 0.1) is 5.92 Å². The molecule has 1 aliphatic carbocycles. The first kappa shape index (κ1) is 12.3. The summed E-state index contributed by atoms with van der Waals surface area (Å²) in [6.45, 7) is 5.56. The number of ether oxygens (including phenoxy) is 1. The fourth-order valence-electron chi connectivity index (χ4n) is 3.02. The highest BCUT2D eigenvalue weighted by Gasteiger charge is 2.24. The number of hydrogen-bond donors (Lipinski definition) is 0. The van der Waals surface area contributed by atoms with E-state index < -0.39 is 0 Å². The summed E-state index contributed by atoms with van der Waals surface area (Å²) in [4.78, 5) is 4.84. The minimum Gasteiger partial charge on any atom is -0.374 e. The third kappa shape index (κ3) is 3.72. The molecule has 1 saturated heterocycles. The number of hydrogen-bond acceptors (Lipinski definition) is 3. The molecular weight excluding hydrogens is 200 g/mol. The van der Waals surface area contributed by atoms with Gasteiger partial charge in [-0.25, -0.2) is 0 Å². The van der Waals surface area contributed by atoms with Gasteiger partial charge in [-0.2, -0.15) is 0 Å². The standard InChI is InChI=1S/C13H26N2O/c1-14(2)10-13-11-15(7-8-16-13)9-12-5-3-4-6-12/h12-13H,3-11H2,1-2H3/t13-/m1/s1.